The first-order valence-electron chi connectivity index (χ1n) is 7.97. The summed E-state index contributed by atoms with van der Waals surface area (Å²) in [5, 5.41) is 18.1. The predicted octanol–water partition coefficient (Wildman–Crippen LogP) is 3.23. The average molecular weight is 289 g/mol. The van der Waals surface area contributed by atoms with Crippen LogP contribution in [0.3, 0.4) is 0 Å². The van der Waals surface area contributed by atoms with Gasteiger partial charge in [-0.05, 0) is 32.6 Å². The van der Waals surface area contributed by atoms with Crippen LogP contribution in [-0.2, 0) is 4.79 Å². The van der Waals surface area contributed by atoms with Crippen LogP contribution >= 0.6 is 0 Å². The second kappa shape index (κ2) is 6.00. The van der Waals surface area contributed by atoms with Gasteiger partial charge in [0.25, 0.3) is 0 Å². The van der Waals surface area contributed by atoms with E-state index in [0.29, 0.717) is 12.5 Å². The van der Waals surface area contributed by atoms with Gasteiger partial charge < -0.3 is 9.67 Å². The number of aliphatic carboxylic acids is 1. The van der Waals surface area contributed by atoms with Gasteiger partial charge in [-0.3, -0.25) is 4.79 Å². The molecule has 2 aliphatic rings. The highest BCUT2D eigenvalue weighted by atomic mass is 16.4. The second-order valence-electron chi connectivity index (χ2n) is 6.26. The van der Waals surface area contributed by atoms with E-state index < -0.39 is 5.97 Å². The maximum Gasteiger partial charge on any atom is 0.307 e. The summed E-state index contributed by atoms with van der Waals surface area (Å²) in [4.78, 5) is 11.5. The Kier molecular flexibility index (Phi) is 4.08. The molecule has 1 fully saturated rings. The van der Waals surface area contributed by atoms with Crippen molar-refractivity contribution in [2.75, 3.05) is 0 Å². The van der Waals surface area contributed by atoms with Crippen LogP contribution in [0.4, 0.5) is 0 Å². The van der Waals surface area contributed by atoms with Crippen LogP contribution in [0.2, 0.25) is 0 Å². The largest absolute Gasteiger partial charge is 0.481 e. The number of hydrogen-bond acceptors (Lipinski definition) is 3. The molecule has 3 rings (SSSR count). The Balaban J connectivity index is 1.94. The number of aryl methyl sites for hydroxylation is 1. The zero-order chi connectivity index (χ0) is 14.8. The lowest BCUT2D eigenvalue weighted by molar-refractivity contribution is -0.142. The Hall–Kier alpha value is -1.65. The van der Waals surface area contributed by atoms with Crippen molar-refractivity contribution in [1.82, 2.24) is 14.8 Å². The molecular weight excluding hydrogens is 266 g/mol. The molecule has 0 bridgehead atoms. The third-order valence-electron chi connectivity index (χ3n) is 4.91. The van der Waals surface area contributed by atoms with Crippen molar-refractivity contribution in [2.24, 2.45) is 5.92 Å². The van der Waals surface area contributed by atoms with Crippen LogP contribution in [0, 0.1) is 12.8 Å². The fourth-order valence-corrected chi connectivity index (χ4v) is 3.80. The first kappa shape index (κ1) is 14.3. The van der Waals surface area contributed by atoms with Gasteiger partial charge in [0.2, 0.25) is 0 Å². The standard InChI is InChI=1S/C16H23N3O2/c1-11-17-18-15(19(11)12-7-3-2-4-8-12)13-9-5-6-10-14(13)16(20)21/h5-6,12-14H,2-4,7-10H2,1H3,(H,20,21). The molecule has 0 aromatic carbocycles. The van der Waals surface area contributed by atoms with Crippen molar-refractivity contribution in [3.63, 3.8) is 0 Å². The van der Waals surface area contributed by atoms with E-state index in [0.717, 1.165) is 30.9 Å². The Morgan fingerprint density at radius 1 is 1.19 bits per heavy atom. The molecule has 1 saturated carbocycles. The monoisotopic (exact) mass is 289 g/mol. The minimum Gasteiger partial charge on any atom is -0.481 e. The number of nitrogens with zero attached hydrogens (tertiary/aromatic N) is 3. The highest BCUT2D eigenvalue weighted by Crippen LogP contribution is 2.38. The van der Waals surface area contributed by atoms with Crippen LogP contribution in [0.25, 0.3) is 0 Å². The van der Waals surface area contributed by atoms with Crippen molar-refractivity contribution in [3.05, 3.63) is 23.8 Å². The van der Waals surface area contributed by atoms with E-state index >= 15 is 0 Å². The minimum atomic E-state index is -0.722. The number of hydrogen-bond donors (Lipinski definition) is 1. The first-order chi connectivity index (χ1) is 10.2. The summed E-state index contributed by atoms with van der Waals surface area (Å²) in [6, 6.07) is 0.448. The Morgan fingerprint density at radius 2 is 1.90 bits per heavy atom. The van der Waals surface area contributed by atoms with E-state index in [1.165, 1.54) is 19.3 Å². The van der Waals surface area contributed by atoms with E-state index in [9.17, 15) is 9.90 Å². The van der Waals surface area contributed by atoms with Gasteiger partial charge in [0.15, 0.2) is 0 Å². The highest BCUT2D eigenvalue weighted by molar-refractivity contribution is 5.71. The van der Waals surface area contributed by atoms with Crippen LogP contribution in [0.5, 0.6) is 0 Å². The van der Waals surface area contributed by atoms with Gasteiger partial charge in [-0.25, -0.2) is 0 Å². The maximum atomic E-state index is 11.5. The van der Waals surface area contributed by atoms with Crippen molar-refractivity contribution in [3.8, 4) is 0 Å². The summed E-state index contributed by atoms with van der Waals surface area (Å²) in [6.45, 7) is 1.99. The summed E-state index contributed by atoms with van der Waals surface area (Å²) in [5.41, 5.74) is 0. The van der Waals surface area contributed by atoms with Crippen LogP contribution in [-0.4, -0.2) is 25.8 Å². The molecule has 1 heterocycles. The van der Waals surface area contributed by atoms with Crippen molar-refractivity contribution < 1.29 is 9.90 Å². The quantitative estimate of drug-likeness (QED) is 0.867. The van der Waals surface area contributed by atoms with Crippen LogP contribution < -0.4 is 0 Å². The summed E-state index contributed by atoms with van der Waals surface area (Å²) in [5.74, 6) is 0.670. The molecule has 114 valence electrons. The molecule has 2 unspecified atom stereocenters. The highest BCUT2D eigenvalue weighted by Gasteiger charge is 2.35. The van der Waals surface area contributed by atoms with Gasteiger partial charge in [-0.1, -0.05) is 31.4 Å². The molecule has 5 nitrogen and oxygen atoms in total. The smallest absolute Gasteiger partial charge is 0.307 e. The number of carboxylic acids is 1. The van der Waals surface area contributed by atoms with Gasteiger partial charge >= 0.3 is 5.97 Å². The molecule has 1 aromatic heterocycles. The SMILES string of the molecule is Cc1nnc(C2CC=CCC2C(=O)O)n1C1CCCCC1. The summed E-state index contributed by atoms with van der Waals surface area (Å²) in [6.07, 6.45) is 11.5. The Morgan fingerprint density at radius 3 is 2.62 bits per heavy atom. The third kappa shape index (κ3) is 2.74. The normalized spacial score (nSPS) is 26.9. The first-order valence-corrected chi connectivity index (χ1v) is 7.97. The molecule has 0 amide bonds. The molecule has 2 atom stereocenters. The van der Waals surface area contributed by atoms with E-state index in [-0.39, 0.29) is 11.8 Å². The van der Waals surface area contributed by atoms with Crippen molar-refractivity contribution >= 4 is 5.97 Å². The van der Waals surface area contributed by atoms with E-state index in [4.69, 9.17) is 0 Å². The molecular formula is C16H23N3O2. The van der Waals surface area contributed by atoms with E-state index in [1.54, 1.807) is 0 Å². The molecule has 0 radical (unpaired) electrons. The predicted molar refractivity (Wildman–Crippen MR) is 79.1 cm³/mol. The van der Waals surface area contributed by atoms with Gasteiger partial charge in [0.05, 0.1) is 5.92 Å². The lowest BCUT2D eigenvalue weighted by atomic mass is 9.82. The van der Waals surface area contributed by atoms with Gasteiger partial charge in [0.1, 0.15) is 11.6 Å². The number of rotatable bonds is 3. The molecule has 5 heteroatoms. The number of carboxylic acid groups (broad SMARTS) is 1. The molecule has 0 saturated heterocycles. The fourth-order valence-electron chi connectivity index (χ4n) is 3.80. The molecule has 2 aliphatic carbocycles. The van der Waals surface area contributed by atoms with Crippen LogP contribution in [0.15, 0.2) is 12.2 Å². The Bertz CT molecular complexity index is 544. The average Bonchev–Trinajstić information content (AvgIpc) is 2.89. The zero-order valence-electron chi connectivity index (χ0n) is 12.5. The molecule has 0 aliphatic heterocycles. The van der Waals surface area contributed by atoms with Crippen LogP contribution in [0.1, 0.15) is 68.6 Å². The number of aromatic nitrogens is 3. The zero-order valence-corrected chi connectivity index (χ0v) is 12.5. The number of carbonyl (C=O) groups is 1. The fraction of sp³-hybridized carbons (Fsp3) is 0.688. The lowest BCUT2D eigenvalue weighted by Crippen LogP contribution is -2.27. The van der Waals surface area contributed by atoms with Gasteiger partial charge in [-0.15, -0.1) is 10.2 Å². The molecule has 1 N–H and O–H groups in total. The topological polar surface area (TPSA) is 68.0 Å². The van der Waals surface area contributed by atoms with E-state index in [2.05, 4.69) is 20.8 Å². The number of allylic oxidation sites excluding steroid dienone is 2. The molecule has 1 aromatic rings. The van der Waals surface area contributed by atoms with Gasteiger partial charge in [0, 0.05) is 12.0 Å². The molecule has 21 heavy (non-hydrogen) atoms. The summed E-state index contributed by atoms with van der Waals surface area (Å²) < 4.78 is 2.24. The van der Waals surface area contributed by atoms with Crippen molar-refractivity contribution in [2.45, 2.75) is 63.8 Å². The van der Waals surface area contributed by atoms with Gasteiger partial charge in [-0.2, -0.15) is 0 Å². The maximum absolute atomic E-state index is 11.5. The third-order valence-corrected chi connectivity index (χ3v) is 4.91. The van der Waals surface area contributed by atoms with E-state index in [1.807, 2.05) is 13.0 Å². The second-order valence-corrected chi connectivity index (χ2v) is 6.26. The summed E-state index contributed by atoms with van der Waals surface area (Å²) >= 11 is 0. The summed E-state index contributed by atoms with van der Waals surface area (Å²) in [7, 11) is 0. The minimum absolute atomic E-state index is 0.0457. The lowest BCUT2D eigenvalue weighted by Gasteiger charge is -2.30. The Labute approximate surface area is 125 Å². The van der Waals surface area contributed by atoms with Crippen molar-refractivity contribution in [1.29, 1.82) is 0 Å². The molecule has 0 spiro atoms.